The number of nitrogens with one attached hydrogen (secondary N) is 1. The number of benzene rings is 1. The Hall–Kier alpha value is -3.14. The van der Waals surface area contributed by atoms with Crippen LogP contribution in [0.1, 0.15) is 15.9 Å². The van der Waals surface area contributed by atoms with Gasteiger partial charge in [-0.25, -0.2) is 14.1 Å². The molecule has 3 aromatic rings. The van der Waals surface area contributed by atoms with Crippen molar-refractivity contribution in [1.29, 1.82) is 0 Å². The Morgan fingerprint density at radius 2 is 1.93 bits per heavy atom. The molecule has 0 aliphatic heterocycles. The topological polar surface area (TPSA) is 85.8 Å². The molecule has 2 aromatic heterocycles. The van der Waals surface area contributed by atoms with Crippen LogP contribution in [0.4, 0.5) is 29.2 Å². The molecule has 0 aliphatic carbocycles. The van der Waals surface area contributed by atoms with Gasteiger partial charge in [-0.05, 0) is 24.3 Å². The van der Waals surface area contributed by atoms with Crippen molar-refractivity contribution in [2.24, 2.45) is 0 Å². The molecule has 0 unspecified atom stereocenters. The summed E-state index contributed by atoms with van der Waals surface area (Å²) < 4.78 is 52.6. The summed E-state index contributed by atoms with van der Waals surface area (Å²) in [6.45, 7) is 0. The number of nitrogens with zero attached hydrogens (tertiary/aromatic N) is 3. The molecule has 140 valence electrons. The summed E-state index contributed by atoms with van der Waals surface area (Å²) >= 11 is 5.95. The number of carbonyl (C=O) groups is 1. The number of pyridine rings is 1. The zero-order valence-corrected chi connectivity index (χ0v) is 14.0. The summed E-state index contributed by atoms with van der Waals surface area (Å²) in [5.74, 6) is -1.80. The van der Waals surface area contributed by atoms with Crippen LogP contribution in [0, 0.1) is 5.82 Å². The fourth-order valence-electron chi connectivity index (χ4n) is 2.22. The van der Waals surface area contributed by atoms with Crippen LogP contribution in [0.25, 0.3) is 5.69 Å². The summed E-state index contributed by atoms with van der Waals surface area (Å²) in [6, 6.07) is 5.73. The van der Waals surface area contributed by atoms with Gasteiger partial charge in [0.15, 0.2) is 0 Å². The highest BCUT2D eigenvalue weighted by Crippen LogP contribution is 2.29. The maximum atomic E-state index is 14.0. The Kier molecular flexibility index (Phi) is 4.75. The minimum absolute atomic E-state index is 0.0289. The summed E-state index contributed by atoms with van der Waals surface area (Å²) in [5.41, 5.74) is 4.63. The van der Waals surface area contributed by atoms with Gasteiger partial charge in [-0.3, -0.25) is 4.79 Å². The average Bonchev–Trinajstić information content (AvgIpc) is 2.96. The molecule has 1 aromatic carbocycles. The average molecular weight is 400 g/mol. The molecule has 0 radical (unpaired) electrons. The van der Waals surface area contributed by atoms with E-state index in [0.29, 0.717) is 6.20 Å². The molecule has 11 heteroatoms. The fraction of sp³-hybridized carbons (Fsp3) is 0.0625. The van der Waals surface area contributed by atoms with Gasteiger partial charge in [-0.2, -0.15) is 18.3 Å². The number of alkyl halides is 3. The molecule has 2 heterocycles. The number of carbonyl (C=O) groups excluding carboxylic acids is 1. The quantitative estimate of drug-likeness (QED) is 0.654. The smallest absolute Gasteiger partial charge is 0.383 e. The molecule has 0 fully saturated rings. The van der Waals surface area contributed by atoms with E-state index in [-0.39, 0.29) is 27.9 Å². The van der Waals surface area contributed by atoms with Crippen molar-refractivity contribution >= 4 is 29.1 Å². The number of hydrogen-bond acceptors (Lipinski definition) is 4. The van der Waals surface area contributed by atoms with E-state index in [1.54, 1.807) is 0 Å². The van der Waals surface area contributed by atoms with E-state index < -0.39 is 23.5 Å². The third kappa shape index (κ3) is 3.70. The fourth-order valence-corrected chi connectivity index (χ4v) is 2.46. The maximum Gasteiger partial charge on any atom is 0.417 e. The second kappa shape index (κ2) is 6.88. The maximum absolute atomic E-state index is 14.0. The van der Waals surface area contributed by atoms with Crippen molar-refractivity contribution in [1.82, 2.24) is 14.8 Å². The zero-order valence-electron chi connectivity index (χ0n) is 13.3. The lowest BCUT2D eigenvalue weighted by Crippen LogP contribution is -2.15. The molecular weight excluding hydrogens is 390 g/mol. The van der Waals surface area contributed by atoms with Gasteiger partial charge < -0.3 is 11.1 Å². The first-order valence-electron chi connectivity index (χ1n) is 7.31. The van der Waals surface area contributed by atoms with Crippen molar-refractivity contribution in [3.8, 4) is 5.69 Å². The van der Waals surface area contributed by atoms with Gasteiger partial charge in [-0.1, -0.05) is 17.7 Å². The Morgan fingerprint density at radius 1 is 1.19 bits per heavy atom. The number of nitrogens with two attached hydrogens (primary N) is 1. The largest absolute Gasteiger partial charge is 0.417 e. The molecule has 0 saturated heterocycles. The van der Waals surface area contributed by atoms with Crippen molar-refractivity contribution in [3.63, 3.8) is 0 Å². The number of hydrogen-bond donors (Lipinski definition) is 2. The lowest BCUT2D eigenvalue weighted by atomic mass is 10.2. The number of halogens is 5. The highest BCUT2D eigenvalue weighted by Gasteiger charge is 2.30. The molecule has 0 bridgehead atoms. The van der Waals surface area contributed by atoms with Gasteiger partial charge in [-0.15, -0.1) is 0 Å². The van der Waals surface area contributed by atoms with Crippen molar-refractivity contribution in [3.05, 3.63) is 64.7 Å². The van der Waals surface area contributed by atoms with Crippen molar-refractivity contribution in [2.75, 3.05) is 11.1 Å². The van der Waals surface area contributed by atoms with Crippen LogP contribution < -0.4 is 11.1 Å². The standard InChI is InChI=1S/C16H10ClF4N5O/c17-10-2-1-3-11(18)13(10)26-14(22)9(7-24-26)15(27)25-12-5-4-8(6-23-12)16(19,20)21/h1-7H,22H2,(H,23,25,27). The van der Waals surface area contributed by atoms with E-state index in [2.05, 4.69) is 15.4 Å². The van der Waals surface area contributed by atoms with Gasteiger partial charge in [0.05, 0.1) is 16.8 Å². The molecule has 3 N–H and O–H groups in total. The van der Waals surface area contributed by atoms with Crippen LogP contribution in [-0.4, -0.2) is 20.7 Å². The molecule has 6 nitrogen and oxygen atoms in total. The van der Waals surface area contributed by atoms with Crippen molar-refractivity contribution < 1.29 is 22.4 Å². The zero-order chi connectivity index (χ0) is 19.8. The summed E-state index contributed by atoms with van der Waals surface area (Å²) in [4.78, 5) is 15.8. The summed E-state index contributed by atoms with van der Waals surface area (Å²) in [5, 5.41) is 6.18. The highest BCUT2D eigenvalue weighted by atomic mass is 35.5. The first kappa shape index (κ1) is 18.6. The molecule has 0 saturated carbocycles. The molecule has 1 amide bonds. The highest BCUT2D eigenvalue weighted by molar-refractivity contribution is 6.32. The molecule has 27 heavy (non-hydrogen) atoms. The second-order valence-corrected chi connectivity index (χ2v) is 5.72. The van der Waals surface area contributed by atoms with Crippen LogP contribution in [0.2, 0.25) is 5.02 Å². The molecular formula is C16H10ClF4N5O. The first-order chi connectivity index (χ1) is 12.7. The normalized spacial score (nSPS) is 11.4. The Bertz CT molecular complexity index is 981. The van der Waals surface area contributed by atoms with Crippen LogP contribution in [0.5, 0.6) is 0 Å². The number of anilines is 2. The van der Waals surface area contributed by atoms with E-state index in [9.17, 15) is 22.4 Å². The summed E-state index contributed by atoms with van der Waals surface area (Å²) in [7, 11) is 0. The van der Waals surface area contributed by atoms with Crippen LogP contribution in [0.15, 0.2) is 42.7 Å². The van der Waals surface area contributed by atoms with Gasteiger partial charge >= 0.3 is 6.18 Å². The molecule has 0 spiro atoms. The number of nitrogen functional groups attached to an aromatic ring is 1. The number of amides is 1. The third-order valence-corrected chi connectivity index (χ3v) is 3.84. The Morgan fingerprint density at radius 3 is 2.52 bits per heavy atom. The Labute approximate surface area is 154 Å². The first-order valence-corrected chi connectivity index (χ1v) is 7.68. The number of para-hydroxylation sites is 1. The second-order valence-electron chi connectivity index (χ2n) is 5.31. The third-order valence-electron chi connectivity index (χ3n) is 3.53. The predicted molar refractivity (Wildman–Crippen MR) is 90.1 cm³/mol. The predicted octanol–water partition coefficient (Wildman–Crippen LogP) is 3.91. The van der Waals surface area contributed by atoms with E-state index in [0.717, 1.165) is 29.1 Å². The van der Waals surface area contributed by atoms with Crippen LogP contribution in [0.3, 0.4) is 0 Å². The Balaban J connectivity index is 1.86. The van der Waals surface area contributed by atoms with Gasteiger partial charge in [0.2, 0.25) is 0 Å². The lowest BCUT2D eigenvalue weighted by Gasteiger charge is -2.09. The minimum Gasteiger partial charge on any atom is -0.383 e. The van der Waals surface area contributed by atoms with E-state index >= 15 is 0 Å². The number of rotatable bonds is 3. The van der Waals surface area contributed by atoms with Crippen LogP contribution >= 0.6 is 11.6 Å². The summed E-state index contributed by atoms with van der Waals surface area (Å²) in [6.07, 6.45) is -2.88. The number of aromatic nitrogens is 3. The minimum atomic E-state index is -4.54. The lowest BCUT2D eigenvalue weighted by molar-refractivity contribution is -0.137. The van der Waals surface area contributed by atoms with Crippen molar-refractivity contribution in [2.45, 2.75) is 6.18 Å². The van der Waals surface area contributed by atoms with Gasteiger partial charge in [0.25, 0.3) is 5.91 Å². The van der Waals surface area contributed by atoms with Gasteiger partial charge in [0.1, 0.15) is 28.7 Å². The SMILES string of the molecule is Nc1c(C(=O)Nc2ccc(C(F)(F)F)cn2)cnn1-c1c(F)cccc1Cl. The monoisotopic (exact) mass is 399 g/mol. The van der Waals surface area contributed by atoms with Gasteiger partial charge in [0, 0.05) is 6.20 Å². The van der Waals surface area contributed by atoms with E-state index in [1.807, 2.05) is 0 Å². The van der Waals surface area contributed by atoms with E-state index in [4.69, 9.17) is 17.3 Å². The molecule has 0 aliphatic rings. The van der Waals surface area contributed by atoms with Crippen LogP contribution in [-0.2, 0) is 6.18 Å². The molecule has 0 atom stereocenters. The van der Waals surface area contributed by atoms with E-state index in [1.165, 1.54) is 12.1 Å². The molecule has 3 rings (SSSR count).